The van der Waals surface area contributed by atoms with Crippen LogP contribution in [0.5, 0.6) is 0 Å². The number of nitrogens with one attached hydrogen (secondary N) is 1. The Morgan fingerprint density at radius 3 is 3.06 bits per heavy atom. The Hall–Kier alpha value is -1.58. The number of aromatic nitrogens is 2. The zero-order valence-corrected chi connectivity index (χ0v) is 11.1. The Kier molecular flexibility index (Phi) is 3.84. The van der Waals surface area contributed by atoms with E-state index < -0.39 is 0 Å². The molecule has 1 amide bonds. The van der Waals surface area contributed by atoms with Gasteiger partial charge in [-0.1, -0.05) is 13.0 Å². The molecule has 98 valence electrons. The Morgan fingerprint density at radius 1 is 1.67 bits per heavy atom. The van der Waals surface area contributed by atoms with E-state index in [1.807, 2.05) is 18.7 Å². The summed E-state index contributed by atoms with van der Waals surface area (Å²) >= 11 is 0. The van der Waals surface area contributed by atoms with Gasteiger partial charge in [-0.15, -0.1) is 0 Å². The summed E-state index contributed by atoms with van der Waals surface area (Å²) in [5, 5.41) is 7.41. The van der Waals surface area contributed by atoms with Crippen molar-refractivity contribution in [3.8, 4) is 0 Å². The zero-order valence-electron chi connectivity index (χ0n) is 11.1. The second kappa shape index (κ2) is 5.38. The van der Waals surface area contributed by atoms with Crippen molar-refractivity contribution in [1.29, 1.82) is 0 Å². The van der Waals surface area contributed by atoms with Crippen molar-refractivity contribution in [2.24, 2.45) is 13.0 Å². The highest BCUT2D eigenvalue weighted by atomic mass is 16.1. The van der Waals surface area contributed by atoms with Gasteiger partial charge < -0.3 is 5.32 Å². The number of carbonyl (C=O) groups excluding carboxylic acids is 1. The molecule has 1 aliphatic carbocycles. The predicted molar refractivity (Wildman–Crippen MR) is 71.1 cm³/mol. The fourth-order valence-corrected chi connectivity index (χ4v) is 2.84. The topological polar surface area (TPSA) is 46.9 Å². The van der Waals surface area contributed by atoms with Gasteiger partial charge in [-0.05, 0) is 44.2 Å². The van der Waals surface area contributed by atoms with Gasteiger partial charge in [0.2, 0.25) is 5.91 Å². The summed E-state index contributed by atoms with van der Waals surface area (Å²) < 4.78 is 1.94. The van der Waals surface area contributed by atoms with Crippen LogP contribution in [0.2, 0.25) is 0 Å². The van der Waals surface area contributed by atoms with E-state index in [4.69, 9.17) is 0 Å². The molecule has 1 N–H and O–H groups in total. The van der Waals surface area contributed by atoms with E-state index in [0.717, 1.165) is 18.5 Å². The molecule has 1 heterocycles. The third-order valence-electron chi connectivity index (χ3n) is 3.74. The molecule has 0 bridgehead atoms. The second-order valence-corrected chi connectivity index (χ2v) is 5.11. The van der Waals surface area contributed by atoms with E-state index in [2.05, 4.69) is 23.1 Å². The summed E-state index contributed by atoms with van der Waals surface area (Å²) in [5.41, 5.74) is 2.30. The molecule has 0 spiro atoms. The Morgan fingerprint density at radius 2 is 2.44 bits per heavy atom. The number of nitrogens with zero attached hydrogens (tertiary/aromatic N) is 2. The lowest BCUT2D eigenvalue weighted by atomic mass is 9.97. The normalized spacial score (nSPS) is 23.0. The van der Waals surface area contributed by atoms with E-state index >= 15 is 0 Å². The number of hydrogen-bond acceptors (Lipinski definition) is 2. The maximum atomic E-state index is 11.4. The highest BCUT2D eigenvalue weighted by Crippen LogP contribution is 2.28. The fraction of sp³-hybridized carbons (Fsp3) is 0.571. The van der Waals surface area contributed by atoms with Gasteiger partial charge in [0.1, 0.15) is 0 Å². The number of carbonyl (C=O) groups is 1. The second-order valence-electron chi connectivity index (χ2n) is 5.11. The summed E-state index contributed by atoms with van der Waals surface area (Å²) in [6.07, 6.45) is 5.76. The van der Waals surface area contributed by atoms with Crippen molar-refractivity contribution in [3.63, 3.8) is 0 Å². The number of aryl methyl sites for hydroxylation is 2. The van der Waals surface area contributed by atoms with Gasteiger partial charge in [-0.3, -0.25) is 9.48 Å². The lowest BCUT2D eigenvalue weighted by Gasteiger charge is -2.20. The van der Waals surface area contributed by atoms with Crippen LogP contribution in [-0.4, -0.2) is 21.7 Å². The predicted octanol–water partition coefficient (Wildman–Crippen LogP) is 1.74. The van der Waals surface area contributed by atoms with Crippen LogP contribution in [0.1, 0.15) is 30.7 Å². The van der Waals surface area contributed by atoms with Crippen LogP contribution in [0, 0.1) is 12.8 Å². The minimum atomic E-state index is -0.0620. The van der Waals surface area contributed by atoms with Gasteiger partial charge in [0.15, 0.2) is 0 Å². The molecule has 0 radical (unpaired) electrons. The molecule has 1 aliphatic rings. The van der Waals surface area contributed by atoms with Crippen LogP contribution < -0.4 is 5.32 Å². The average Bonchev–Trinajstić information content (AvgIpc) is 2.87. The number of hydrogen-bond donors (Lipinski definition) is 1. The largest absolute Gasteiger partial charge is 0.350 e. The van der Waals surface area contributed by atoms with Crippen molar-refractivity contribution < 1.29 is 4.79 Å². The molecule has 2 unspecified atom stereocenters. The highest BCUT2D eigenvalue weighted by molar-refractivity contribution is 5.87. The van der Waals surface area contributed by atoms with Gasteiger partial charge >= 0.3 is 0 Å². The maximum Gasteiger partial charge on any atom is 0.243 e. The van der Waals surface area contributed by atoms with Crippen molar-refractivity contribution in [2.45, 2.75) is 38.6 Å². The summed E-state index contributed by atoms with van der Waals surface area (Å²) in [6, 6.07) is 2.41. The lowest BCUT2D eigenvalue weighted by molar-refractivity contribution is -0.117. The van der Waals surface area contributed by atoms with Crippen LogP contribution in [-0.2, 0) is 18.3 Å². The van der Waals surface area contributed by atoms with Gasteiger partial charge in [-0.25, -0.2) is 0 Å². The lowest BCUT2D eigenvalue weighted by Crippen LogP contribution is -2.37. The van der Waals surface area contributed by atoms with Gasteiger partial charge in [0, 0.05) is 18.8 Å². The van der Waals surface area contributed by atoms with Crippen molar-refractivity contribution in [2.75, 3.05) is 0 Å². The Labute approximate surface area is 108 Å². The van der Waals surface area contributed by atoms with E-state index in [-0.39, 0.29) is 11.9 Å². The highest BCUT2D eigenvalue weighted by Gasteiger charge is 2.28. The average molecular weight is 247 g/mol. The van der Waals surface area contributed by atoms with Gasteiger partial charge in [0.05, 0.1) is 5.69 Å². The monoisotopic (exact) mass is 247 g/mol. The van der Waals surface area contributed by atoms with E-state index in [1.54, 1.807) is 0 Å². The Bertz CT molecular complexity index is 450. The van der Waals surface area contributed by atoms with Gasteiger partial charge in [-0.2, -0.15) is 5.10 Å². The van der Waals surface area contributed by atoms with E-state index in [0.29, 0.717) is 5.92 Å². The first-order valence-corrected chi connectivity index (χ1v) is 6.52. The van der Waals surface area contributed by atoms with E-state index in [1.165, 1.54) is 24.6 Å². The minimum absolute atomic E-state index is 0.0620. The van der Waals surface area contributed by atoms with Crippen molar-refractivity contribution >= 4 is 5.91 Å². The summed E-state index contributed by atoms with van der Waals surface area (Å²) in [4.78, 5) is 11.4. The first-order chi connectivity index (χ1) is 8.60. The molecule has 4 heteroatoms. The molecule has 1 aromatic rings. The standard InChI is InChI=1S/C14H21N3O/c1-4-14(18)15-13-7-5-6-11(13)9-12-8-10(2)16-17(12)3/h4,8,11,13H,1,5-7,9H2,2-3H3,(H,15,18). The Balaban J connectivity index is 2.01. The molecule has 2 rings (SSSR count). The molecule has 2 atom stereocenters. The molecular formula is C14H21N3O. The van der Waals surface area contributed by atoms with Crippen LogP contribution >= 0.6 is 0 Å². The first-order valence-electron chi connectivity index (χ1n) is 6.52. The van der Waals surface area contributed by atoms with Crippen LogP contribution in [0.4, 0.5) is 0 Å². The van der Waals surface area contributed by atoms with Crippen LogP contribution in [0.25, 0.3) is 0 Å². The van der Waals surface area contributed by atoms with Crippen molar-refractivity contribution in [3.05, 3.63) is 30.1 Å². The zero-order chi connectivity index (χ0) is 13.1. The minimum Gasteiger partial charge on any atom is -0.350 e. The maximum absolute atomic E-state index is 11.4. The smallest absolute Gasteiger partial charge is 0.243 e. The van der Waals surface area contributed by atoms with Crippen molar-refractivity contribution in [1.82, 2.24) is 15.1 Å². The molecular weight excluding hydrogens is 226 g/mol. The summed E-state index contributed by atoms with van der Waals surface area (Å²) in [7, 11) is 1.98. The van der Waals surface area contributed by atoms with E-state index in [9.17, 15) is 4.79 Å². The molecule has 0 saturated heterocycles. The van der Waals surface area contributed by atoms with Gasteiger partial charge in [0.25, 0.3) is 0 Å². The first kappa shape index (κ1) is 12.9. The number of amides is 1. The summed E-state index contributed by atoms with van der Waals surface area (Å²) in [6.45, 7) is 5.51. The number of rotatable bonds is 4. The third kappa shape index (κ3) is 2.81. The molecule has 1 saturated carbocycles. The molecule has 1 aromatic heterocycles. The molecule has 0 aliphatic heterocycles. The molecule has 0 aromatic carbocycles. The molecule has 1 fully saturated rings. The fourth-order valence-electron chi connectivity index (χ4n) is 2.84. The van der Waals surface area contributed by atoms with Crippen LogP contribution in [0.3, 0.4) is 0 Å². The molecule has 18 heavy (non-hydrogen) atoms. The van der Waals surface area contributed by atoms with Crippen LogP contribution in [0.15, 0.2) is 18.7 Å². The quantitative estimate of drug-likeness (QED) is 0.824. The SMILES string of the molecule is C=CC(=O)NC1CCCC1Cc1cc(C)nn1C. The molecule has 4 nitrogen and oxygen atoms in total. The third-order valence-corrected chi connectivity index (χ3v) is 3.74. The summed E-state index contributed by atoms with van der Waals surface area (Å²) in [5.74, 6) is 0.455.